The maximum atomic E-state index is 11.4. The molecule has 0 spiro atoms. The summed E-state index contributed by atoms with van der Waals surface area (Å²) < 4.78 is 1.74. The first-order chi connectivity index (χ1) is 11.1. The van der Waals surface area contributed by atoms with Crippen molar-refractivity contribution in [3.05, 3.63) is 47.7 Å². The largest absolute Gasteiger partial charge is 0.351 e. The highest BCUT2D eigenvalue weighted by atomic mass is 16.2. The Hall–Kier alpha value is -2.60. The molecule has 0 aliphatic carbocycles. The van der Waals surface area contributed by atoms with Crippen LogP contribution in [0.4, 0.5) is 10.6 Å². The SMILES string of the molecule is Cc1c(C2=CCN(C)CC2)nn(-c2ccccc2)c1NC(N)=O. The highest BCUT2D eigenvalue weighted by Gasteiger charge is 2.21. The van der Waals surface area contributed by atoms with E-state index in [9.17, 15) is 4.79 Å². The van der Waals surface area contributed by atoms with Gasteiger partial charge in [-0.2, -0.15) is 5.10 Å². The fraction of sp³-hybridized carbons (Fsp3) is 0.294. The van der Waals surface area contributed by atoms with Crippen LogP contribution < -0.4 is 11.1 Å². The monoisotopic (exact) mass is 311 g/mol. The molecular formula is C17H21N5O. The lowest BCUT2D eigenvalue weighted by atomic mass is 10.0. The second-order valence-corrected chi connectivity index (χ2v) is 5.80. The molecule has 0 saturated heterocycles. The second-order valence-electron chi connectivity index (χ2n) is 5.80. The van der Waals surface area contributed by atoms with Crippen LogP contribution in [0, 0.1) is 6.92 Å². The van der Waals surface area contributed by atoms with Gasteiger partial charge in [0.1, 0.15) is 5.82 Å². The van der Waals surface area contributed by atoms with Crippen LogP contribution in [0.1, 0.15) is 17.7 Å². The molecule has 2 aromatic rings. The normalized spacial score (nSPS) is 15.3. The molecule has 0 saturated carbocycles. The molecule has 6 nitrogen and oxygen atoms in total. The van der Waals surface area contributed by atoms with E-state index in [-0.39, 0.29) is 0 Å². The Kier molecular flexibility index (Phi) is 4.16. The minimum atomic E-state index is -0.589. The van der Waals surface area contributed by atoms with E-state index in [1.165, 1.54) is 5.57 Å². The molecule has 1 aromatic carbocycles. The Bertz CT molecular complexity index is 748. The van der Waals surface area contributed by atoms with E-state index in [4.69, 9.17) is 10.8 Å². The van der Waals surface area contributed by atoms with Crippen LogP contribution >= 0.6 is 0 Å². The fourth-order valence-corrected chi connectivity index (χ4v) is 2.81. The predicted octanol–water partition coefficient (Wildman–Crippen LogP) is 2.39. The third-order valence-electron chi connectivity index (χ3n) is 4.08. The lowest BCUT2D eigenvalue weighted by Crippen LogP contribution is -2.24. The van der Waals surface area contributed by atoms with Gasteiger partial charge in [-0.1, -0.05) is 24.3 Å². The molecule has 0 bridgehead atoms. The zero-order chi connectivity index (χ0) is 16.4. The smallest absolute Gasteiger partial charge is 0.317 e. The van der Waals surface area contributed by atoms with Crippen molar-refractivity contribution in [2.24, 2.45) is 5.73 Å². The first-order valence-electron chi connectivity index (χ1n) is 7.65. The molecule has 0 fully saturated rings. The molecule has 1 aliphatic heterocycles. The van der Waals surface area contributed by atoms with E-state index in [0.717, 1.165) is 36.5 Å². The summed E-state index contributed by atoms with van der Waals surface area (Å²) in [6.07, 6.45) is 3.14. The summed E-state index contributed by atoms with van der Waals surface area (Å²) in [5, 5.41) is 7.45. The van der Waals surface area contributed by atoms with Crippen LogP contribution in [0.5, 0.6) is 0 Å². The van der Waals surface area contributed by atoms with Crippen LogP contribution in [0.2, 0.25) is 0 Å². The number of anilines is 1. The number of amides is 2. The predicted molar refractivity (Wildman–Crippen MR) is 91.6 cm³/mol. The molecule has 2 amide bonds. The summed E-state index contributed by atoms with van der Waals surface area (Å²) in [6.45, 7) is 3.87. The minimum Gasteiger partial charge on any atom is -0.351 e. The molecule has 0 unspecified atom stereocenters. The number of likely N-dealkylation sites (N-methyl/N-ethyl adjacent to an activating group) is 1. The summed E-state index contributed by atoms with van der Waals surface area (Å²) in [7, 11) is 2.10. The molecular weight excluding hydrogens is 290 g/mol. The molecule has 6 heteroatoms. The highest BCUT2D eigenvalue weighted by Crippen LogP contribution is 2.30. The van der Waals surface area contributed by atoms with Gasteiger partial charge in [-0.3, -0.25) is 5.32 Å². The van der Waals surface area contributed by atoms with Crippen LogP contribution in [-0.4, -0.2) is 40.8 Å². The number of hydrogen-bond donors (Lipinski definition) is 2. The summed E-state index contributed by atoms with van der Waals surface area (Å²) in [5.41, 5.74) is 9.29. The molecule has 1 aromatic heterocycles. The molecule has 0 atom stereocenters. The number of nitrogens with one attached hydrogen (secondary N) is 1. The first kappa shape index (κ1) is 15.3. The van der Waals surface area contributed by atoms with Crippen molar-refractivity contribution in [1.29, 1.82) is 0 Å². The van der Waals surface area contributed by atoms with Crippen molar-refractivity contribution >= 4 is 17.4 Å². The number of primary amides is 1. The van der Waals surface area contributed by atoms with Crippen molar-refractivity contribution in [3.63, 3.8) is 0 Å². The fourth-order valence-electron chi connectivity index (χ4n) is 2.81. The zero-order valence-electron chi connectivity index (χ0n) is 13.4. The Balaban J connectivity index is 2.08. The summed E-state index contributed by atoms with van der Waals surface area (Å²) in [6, 6.07) is 9.14. The van der Waals surface area contributed by atoms with Crippen molar-refractivity contribution in [1.82, 2.24) is 14.7 Å². The van der Waals surface area contributed by atoms with Gasteiger partial charge in [0, 0.05) is 18.7 Å². The topological polar surface area (TPSA) is 76.2 Å². The summed E-state index contributed by atoms with van der Waals surface area (Å²) >= 11 is 0. The van der Waals surface area contributed by atoms with E-state index in [1.54, 1.807) is 4.68 Å². The van der Waals surface area contributed by atoms with E-state index in [0.29, 0.717) is 5.82 Å². The number of urea groups is 1. The summed E-state index contributed by atoms with van der Waals surface area (Å²) in [5.74, 6) is 0.624. The van der Waals surface area contributed by atoms with Crippen molar-refractivity contribution in [2.75, 3.05) is 25.5 Å². The molecule has 0 radical (unpaired) electrons. The van der Waals surface area contributed by atoms with Crippen LogP contribution in [0.15, 0.2) is 36.4 Å². The van der Waals surface area contributed by atoms with Gasteiger partial charge < -0.3 is 10.6 Å². The number of carbonyl (C=O) groups excluding carboxylic acids is 1. The van der Waals surface area contributed by atoms with Crippen molar-refractivity contribution < 1.29 is 4.79 Å². The van der Waals surface area contributed by atoms with Gasteiger partial charge in [-0.15, -0.1) is 0 Å². The van der Waals surface area contributed by atoms with E-state index in [1.807, 2.05) is 37.3 Å². The number of benzene rings is 1. The molecule has 3 N–H and O–H groups in total. The molecule has 3 rings (SSSR count). The Morgan fingerprint density at radius 3 is 2.65 bits per heavy atom. The van der Waals surface area contributed by atoms with Crippen LogP contribution in [0.3, 0.4) is 0 Å². The van der Waals surface area contributed by atoms with Crippen molar-refractivity contribution in [3.8, 4) is 5.69 Å². The number of carbonyl (C=O) groups is 1. The third kappa shape index (κ3) is 3.12. The Labute approximate surface area is 135 Å². The average Bonchev–Trinajstić information content (AvgIpc) is 2.86. The Morgan fingerprint density at radius 1 is 1.30 bits per heavy atom. The molecule has 23 heavy (non-hydrogen) atoms. The number of hydrogen-bond acceptors (Lipinski definition) is 3. The lowest BCUT2D eigenvalue weighted by Gasteiger charge is -2.21. The zero-order valence-corrected chi connectivity index (χ0v) is 13.4. The first-order valence-corrected chi connectivity index (χ1v) is 7.65. The number of aromatic nitrogens is 2. The highest BCUT2D eigenvalue weighted by molar-refractivity contribution is 5.89. The number of rotatable bonds is 3. The summed E-state index contributed by atoms with van der Waals surface area (Å²) in [4.78, 5) is 13.6. The van der Waals surface area contributed by atoms with Gasteiger partial charge >= 0.3 is 6.03 Å². The lowest BCUT2D eigenvalue weighted by molar-refractivity contribution is 0.259. The molecule has 2 heterocycles. The van der Waals surface area contributed by atoms with Gasteiger partial charge in [0.2, 0.25) is 0 Å². The maximum Gasteiger partial charge on any atom is 0.317 e. The van der Waals surface area contributed by atoms with Gasteiger partial charge in [-0.05, 0) is 38.1 Å². The number of nitrogens with two attached hydrogens (primary N) is 1. The van der Waals surface area contributed by atoms with Crippen LogP contribution in [-0.2, 0) is 0 Å². The van der Waals surface area contributed by atoms with Gasteiger partial charge in [0.05, 0.1) is 11.4 Å². The number of para-hydroxylation sites is 1. The van der Waals surface area contributed by atoms with E-state index < -0.39 is 6.03 Å². The second kappa shape index (κ2) is 6.26. The third-order valence-corrected chi connectivity index (χ3v) is 4.08. The maximum absolute atomic E-state index is 11.4. The molecule has 120 valence electrons. The van der Waals surface area contributed by atoms with E-state index >= 15 is 0 Å². The minimum absolute atomic E-state index is 0.589. The van der Waals surface area contributed by atoms with Gasteiger partial charge in [0.25, 0.3) is 0 Å². The van der Waals surface area contributed by atoms with E-state index in [2.05, 4.69) is 23.3 Å². The van der Waals surface area contributed by atoms with Crippen molar-refractivity contribution in [2.45, 2.75) is 13.3 Å². The number of nitrogens with zero attached hydrogens (tertiary/aromatic N) is 3. The average molecular weight is 311 g/mol. The Morgan fingerprint density at radius 2 is 2.04 bits per heavy atom. The molecule has 1 aliphatic rings. The van der Waals surface area contributed by atoms with Gasteiger partial charge in [0.15, 0.2) is 0 Å². The quantitative estimate of drug-likeness (QED) is 0.914. The van der Waals surface area contributed by atoms with Crippen LogP contribution in [0.25, 0.3) is 11.3 Å². The van der Waals surface area contributed by atoms with Gasteiger partial charge in [-0.25, -0.2) is 9.48 Å². The standard InChI is InChI=1S/C17H21N5O/c1-12-15(13-8-10-21(2)11-9-13)20-22(16(12)19-17(18)23)14-6-4-3-5-7-14/h3-8H,9-11H2,1-2H3,(H3,18,19,23).